The van der Waals surface area contributed by atoms with Crippen LogP contribution in [-0.2, 0) is 0 Å². The van der Waals surface area contributed by atoms with Gasteiger partial charge in [0.25, 0.3) is 0 Å². The lowest BCUT2D eigenvalue weighted by Crippen LogP contribution is -1.99. The molecular weight excluding hydrogens is 136 g/mol. The first kappa shape index (κ1) is 10.7. The predicted molar refractivity (Wildman–Crippen MR) is 49.6 cm³/mol. The minimum Gasteiger partial charge on any atom is -0.389 e. The Kier molecular flexibility index (Phi) is 7.59. The lowest BCUT2D eigenvalue weighted by atomic mass is 10.1. The zero-order valence-corrected chi connectivity index (χ0v) is 7.71. The standard InChI is InChI=1S/C10H20O/c1-3-5-6-7-9-10(11)8-4-2/h7,9-11H,3-6,8H2,1-2H3/b9-7+. The molecular formula is C10H20O. The summed E-state index contributed by atoms with van der Waals surface area (Å²) in [6.45, 7) is 4.26. The predicted octanol–water partition coefficient (Wildman–Crippen LogP) is 2.89. The quantitative estimate of drug-likeness (QED) is 0.463. The lowest BCUT2D eigenvalue weighted by Gasteiger charge is -2.00. The van der Waals surface area contributed by atoms with E-state index in [9.17, 15) is 5.11 Å². The highest BCUT2D eigenvalue weighted by atomic mass is 16.3. The van der Waals surface area contributed by atoms with E-state index in [0.29, 0.717) is 0 Å². The van der Waals surface area contributed by atoms with Crippen LogP contribution in [0.15, 0.2) is 12.2 Å². The average Bonchev–Trinajstić information content (AvgIpc) is 1.99. The van der Waals surface area contributed by atoms with E-state index in [-0.39, 0.29) is 6.10 Å². The maximum absolute atomic E-state index is 9.26. The molecule has 0 rings (SSSR count). The van der Waals surface area contributed by atoms with Gasteiger partial charge in [0.2, 0.25) is 0 Å². The van der Waals surface area contributed by atoms with Crippen LogP contribution in [0.2, 0.25) is 0 Å². The largest absolute Gasteiger partial charge is 0.389 e. The Hall–Kier alpha value is -0.300. The number of hydrogen-bond donors (Lipinski definition) is 1. The Morgan fingerprint density at radius 2 is 2.00 bits per heavy atom. The molecule has 0 spiro atoms. The van der Waals surface area contributed by atoms with Crippen LogP contribution in [0.1, 0.15) is 46.0 Å². The summed E-state index contributed by atoms with van der Waals surface area (Å²) in [6, 6.07) is 0. The molecule has 1 N–H and O–H groups in total. The molecule has 0 bridgehead atoms. The maximum Gasteiger partial charge on any atom is 0.0720 e. The van der Waals surface area contributed by atoms with Crippen LogP contribution < -0.4 is 0 Å². The zero-order valence-electron chi connectivity index (χ0n) is 7.71. The molecule has 0 aromatic rings. The minimum atomic E-state index is -0.211. The molecule has 0 aromatic heterocycles. The van der Waals surface area contributed by atoms with E-state index in [4.69, 9.17) is 0 Å². The molecule has 0 aromatic carbocycles. The topological polar surface area (TPSA) is 20.2 Å². The third kappa shape index (κ3) is 7.60. The summed E-state index contributed by atoms with van der Waals surface area (Å²) in [4.78, 5) is 0. The number of aliphatic hydroxyl groups excluding tert-OH is 1. The fourth-order valence-corrected chi connectivity index (χ4v) is 0.967. The highest BCUT2D eigenvalue weighted by molar-refractivity contribution is 4.87. The number of aliphatic hydroxyl groups is 1. The Bertz CT molecular complexity index is 97.0. The van der Waals surface area contributed by atoms with Crippen molar-refractivity contribution in [3.63, 3.8) is 0 Å². The summed E-state index contributed by atoms with van der Waals surface area (Å²) in [6.07, 6.45) is 9.31. The Morgan fingerprint density at radius 3 is 2.55 bits per heavy atom. The van der Waals surface area contributed by atoms with E-state index in [1.807, 2.05) is 6.08 Å². The maximum atomic E-state index is 9.26. The fourth-order valence-electron chi connectivity index (χ4n) is 0.967. The first-order valence-corrected chi connectivity index (χ1v) is 4.66. The van der Waals surface area contributed by atoms with Crippen molar-refractivity contribution >= 4 is 0 Å². The van der Waals surface area contributed by atoms with Crippen LogP contribution in [0, 0.1) is 0 Å². The van der Waals surface area contributed by atoms with Gasteiger partial charge in [0.15, 0.2) is 0 Å². The zero-order chi connectivity index (χ0) is 8.53. The molecule has 1 heteroatoms. The second-order valence-corrected chi connectivity index (χ2v) is 2.93. The molecule has 1 atom stereocenters. The SMILES string of the molecule is CCCC/C=C/C(O)CCC. The molecule has 1 unspecified atom stereocenters. The second kappa shape index (κ2) is 7.80. The van der Waals surface area contributed by atoms with Crippen molar-refractivity contribution in [1.82, 2.24) is 0 Å². The lowest BCUT2D eigenvalue weighted by molar-refractivity contribution is 0.211. The number of hydrogen-bond acceptors (Lipinski definition) is 1. The van der Waals surface area contributed by atoms with E-state index in [1.165, 1.54) is 12.8 Å². The van der Waals surface area contributed by atoms with Gasteiger partial charge >= 0.3 is 0 Å². The van der Waals surface area contributed by atoms with Crippen LogP contribution in [-0.4, -0.2) is 11.2 Å². The van der Waals surface area contributed by atoms with Crippen molar-refractivity contribution < 1.29 is 5.11 Å². The van der Waals surface area contributed by atoms with Crippen molar-refractivity contribution in [3.8, 4) is 0 Å². The highest BCUT2D eigenvalue weighted by Crippen LogP contribution is 2.00. The molecule has 0 fully saturated rings. The first-order chi connectivity index (χ1) is 5.31. The van der Waals surface area contributed by atoms with Crippen LogP contribution >= 0.6 is 0 Å². The van der Waals surface area contributed by atoms with Crippen molar-refractivity contribution in [1.29, 1.82) is 0 Å². The van der Waals surface area contributed by atoms with Crippen molar-refractivity contribution in [2.75, 3.05) is 0 Å². The van der Waals surface area contributed by atoms with E-state index < -0.39 is 0 Å². The van der Waals surface area contributed by atoms with Gasteiger partial charge in [0.1, 0.15) is 0 Å². The fraction of sp³-hybridized carbons (Fsp3) is 0.800. The molecule has 0 aliphatic heterocycles. The summed E-state index contributed by atoms with van der Waals surface area (Å²) < 4.78 is 0. The van der Waals surface area contributed by atoms with Gasteiger partial charge < -0.3 is 5.11 Å². The van der Waals surface area contributed by atoms with Crippen molar-refractivity contribution in [3.05, 3.63) is 12.2 Å². The normalized spacial score (nSPS) is 14.1. The van der Waals surface area contributed by atoms with Gasteiger partial charge in [-0.3, -0.25) is 0 Å². The van der Waals surface area contributed by atoms with Gasteiger partial charge in [0, 0.05) is 0 Å². The summed E-state index contributed by atoms with van der Waals surface area (Å²) in [7, 11) is 0. The van der Waals surface area contributed by atoms with E-state index >= 15 is 0 Å². The Labute approximate surface area is 70.1 Å². The molecule has 0 radical (unpaired) electrons. The molecule has 0 heterocycles. The summed E-state index contributed by atoms with van der Waals surface area (Å²) in [5.41, 5.74) is 0. The Balaban J connectivity index is 3.24. The monoisotopic (exact) mass is 156 g/mol. The van der Waals surface area contributed by atoms with Crippen molar-refractivity contribution in [2.45, 2.75) is 52.1 Å². The number of unbranched alkanes of at least 4 members (excludes halogenated alkanes) is 2. The van der Waals surface area contributed by atoms with Crippen LogP contribution in [0.25, 0.3) is 0 Å². The average molecular weight is 156 g/mol. The second-order valence-electron chi connectivity index (χ2n) is 2.93. The molecule has 0 aliphatic carbocycles. The molecule has 0 aliphatic rings. The molecule has 0 amide bonds. The number of rotatable bonds is 6. The summed E-state index contributed by atoms with van der Waals surface area (Å²) >= 11 is 0. The van der Waals surface area contributed by atoms with Crippen LogP contribution in [0.3, 0.4) is 0 Å². The van der Waals surface area contributed by atoms with Crippen molar-refractivity contribution in [2.24, 2.45) is 0 Å². The third-order valence-corrected chi connectivity index (χ3v) is 1.67. The summed E-state index contributed by atoms with van der Waals surface area (Å²) in [5.74, 6) is 0. The van der Waals surface area contributed by atoms with Crippen LogP contribution in [0.4, 0.5) is 0 Å². The van der Waals surface area contributed by atoms with Crippen LogP contribution in [0.5, 0.6) is 0 Å². The van der Waals surface area contributed by atoms with Gasteiger partial charge in [0.05, 0.1) is 6.10 Å². The summed E-state index contributed by atoms with van der Waals surface area (Å²) in [5, 5.41) is 9.26. The number of allylic oxidation sites excluding steroid dienone is 1. The highest BCUT2D eigenvalue weighted by Gasteiger charge is 1.93. The van der Waals surface area contributed by atoms with E-state index in [0.717, 1.165) is 19.3 Å². The molecule has 1 nitrogen and oxygen atoms in total. The van der Waals surface area contributed by atoms with Gasteiger partial charge in [-0.15, -0.1) is 0 Å². The molecule has 11 heavy (non-hydrogen) atoms. The van der Waals surface area contributed by atoms with Gasteiger partial charge in [-0.05, 0) is 12.8 Å². The first-order valence-electron chi connectivity index (χ1n) is 4.66. The third-order valence-electron chi connectivity index (χ3n) is 1.67. The minimum absolute atomic E-state index is 0.211. The Morgan fingerprint density at radius 1 is 1.27 bits per heavy atom. The molecule has 0 saturated carbocycles. The van der Waals surface area contributed by atoms with Gasteiger partial charge in [-0.25, -0.2) is 0 Å². The molecule has 66 valence electrons. The van der Waals surface area contributed by atoms with Gasteiger partial charge in [-0.1, -0.05) is 45.3 Å². The van der Waals surface area contributed by atoms with Gasteiger partial charge in [-0.2, -0.15) is 0 Å². The smallest absolute Gasteiger partial charge is 0.0720 e. The molecule has 0 saturated heterocycles. The van der Waals surface area contributed by atoms with E-state index in [2.05, 4.69) is 19.9 Å². The van der Waals surface area contributed by atoms with E-state index in [1.54, 1.807) is 0 Å².